The first kappa shape index (κ1) is 16.0. The van der Waals surface area contributed by atoms with Gasteiger partial charge in [-0.25, -0.2) is 13.7 Å². The quantitative estimate of drug-likeness (QED) is 0.558. The van der Waals surface area contributed by atoms with Gasteiger partial charge in [0.05, 0.1) is 16.0 Å². The summed E-state index contributed by atoms with van der Waals surface area (Å²) >= 11 is 6.21. The molecule has 2 heterocycles. The molecule has 4 aromatic rings. The first-order valence-electron chi connectivity index (χ1n) is 7.16. The molecule has 0 saturated heterocycles. The van der Waals surface area contributed by atoms with Gasteiger partial charge in [0.2, 0.25) is 0 Å². The van der Waals surface area contributed by atoms with Crippen molar-refractivity contribution in [1.82, 2.24) is 4.98 Å². The van der Waals surface area contributed by atoms with Gasteiger partial charge in [0, 0.05) is 5.39 Å². The Kier molecular flexibility index (Phi) is 3.72. The number of H-pyrrole nitrogens is 1. The Hall–Kier alpha value is -2.48. The first-order chi connectivity index (χ1) is 12.0. The molecule has 1 unspecified atom stereocenters. The highest BCUT2D eigenvalue weighted by molar-refractivity contribution is 7.82. The maximum atomic E-state index is 13.6. The molecular weight excluding hydrogens is 367 g/mol. The number of nitrogens with two attached hydrogens (primary N) is 1. The molecule has 5 nitrogen and oxygen atoms in total. The lowest BCUT2D eigenvalue weighted by molar-refractivity contribution is 0.626. The molecule has 4 rings (SSSR count). The van der Waals surface area contributed by atoms with Crippen LogP contribution in [-0.2, 0) is 11.0 Å². The number of nitrogens with one attached hydrogen (secondary N) is 1. The number of aromatic nitrogens is 1. The molecule has 0 fully saturated rings. The minimum Gasteiger partial charge on any atom is -0.454 e. The normalized spacial score (nSPS) is 12.8. The molecule has 0 aliphatic heterocycles. The lowest BCUT2D eigenvalue weighted by atomic mass is 10.1. The number of fused-ring (bicyclic) bond motifs is 3. The Morgan fingerprint density at radius 2 is 2.00 bits per heavy atom. The van der Waals surface area contributed by atoms with Crippen LogP contribution in [0.2, 0.25) is 5.02 Å². The minimum absolute atomic E-state index is 0.0769. The van der Waals surface area contributed by atoms with E-state index in [4.69, 9.17) is 21.2 Å². The van der Waals surface area contributed by atoms with Crippen LogP contribution < -0.4 is 10.7 Å². The lowest BCUT2D eigenvalue weighted by Gasteiger charge is -2.06. The van der Waals surface area contributed by atoms with Gasteiger partial charge >= 0.3 is 0 Å². The molecule has 0 bridgehead atoms. The summed E-state index contributed by atoms with van der Waals surface area (Å²) in [4.78, 5) is 15.3. The van der Waals surface area contributed by atoms with Crippen LogP contribution in [-0.4, -0.2) is 9.19 Å². The van der Waals surface area contributed by atoms with Gasteiger partial charge in [-0.05, 0) is 35.9 Å². The highest BCUT2D eigenvalue weighted by Gasteiger charge is 2.19. The van der Waals surface area contributed by atoms with Gasteiger partial charge < -0.3 is 9.40 Å². The van der Waals surface area contributed by atoms with Gasteiger partial charge in [-0.15, -0.1) is 0 Å². The number of pyridine rings is 1. The van der Waals surface area contributed by atoms with Gasteiger partial charge in [-0.1, -0.05) is 23.7 Å². The second-order valence-electron chi connectivity index (χ2n) is 5.42. The molecule has 0 aliphatic rings. The number of furan rings is 1. The van der Waals surface area contributed by atoms with Crippen molar-refractivity contribution in [3.63, 3.8) is 0 Å². The zero-order chi connectivity index (χ0) is 17.7. The first-order valence-corrected chi connectivity index (χ1v) is 8.75. The summed E-state index contributed by atoms with van der Waals surface area (Å²) in [5.41, 5.74) is 1.40. The second kappa shape index (κ2) is 5.80. The van der Waals surface area contributed by atoms with Crippen molar-refractivity contribution < 1.29 is 13.0 Å². The molecule has 3 N–H and O–H groups in total. The number of rotatable bonds is 2. The van der Waals surface area contributed by atoms with Crippen molar-refractivity contribution in [2.75, 3.05) is 0 Å². The molecule has 0 spiro atoms. The van der Waals surface area contributed by atoms with E-state index in [0.29, 0.717) is 38.1 Å². The molecular formula is C17H10ClFN2O3S. The highest BCUT2D eigenvalue weighted by Crippen LogP contribution is 2.37. The van der Waals surface area contributed by atoms with Gasteiger partial charge in [0.1, 0.15) is 27.4 Å². The summed E-state index contributed by atoms with van der Waals surface area (Å²) in [6.07, 6.45) is 0. The van der Waals surface area contributed by atoms with Crippen LogP contribution in [0.1, 0.15) is 0 Å². The maximum Gasteiger partial charge on any atom is 0.268 e. The van der Waals surface area contributed by atoms with Gasteiger partial charge in [-0.2, -0.15) is 0 Å². The Balaban J connectivity index is 2.14. The van der Waals surface area contributed by atoms with Crippen molar-refractivity contribution in [1.29, 1.82) is 0 Å². The highest BCUT2D eigenvalue weighted by atomic mass is 35.5. The van der Waals surface area contributed by atoms with Crippen LogP contribution in [0.15, 0.2) is 56.6 Å². The zero-order valence-corrected chi connectivity index (χ0v) is 14.1. The third-order valence-electron chi connectivity index (χ3n) is 3.89. The number of aromatic amines is 1. The molecule has 0 saturated carbocycles. The fourth-order valence-electron chi connectivity index (χ4n) is 2.79. The van der Waals surface area contributed by atoms with Crippen molar-refractivity contribution in [3.8, 4) is 11.1 Å². The molecule has 0 amide bonds. The Morgan fingerprint density at radius 1 is 1.20 bits per heavy atom. The van der Waals surface area contributed by atoms with Crippen molar-refractivity contribution in [2.45, 2.75) is 4.90 Å². The van der Waals surface area contributed by atoms with Gasteiger partial charge in [-0.3, -0.25) is 4.79 Å². The zero-order valence-electron chi connectivity index (χ0n) is 12.5. The average molecular weight is 377 g/mol. The summed E-state index contributed by atoms with van der Waals surface area (Å²) in [5.74, 6) is -0.451. The molecule has 2 aromatic heterocycles. The van der Waals surface area contributed by atoms with E-state index in [0.717, 1.165) is 0 Å². The molecule has 25 heavy (non-hydrogen) atoms. The topological polar surface area (TPSA) is 89.1 Å². The number of halogens is 2. The van der Waals surface area contributed by atoms with Crippen LogP contribution >= 0.6 is 11.6 Å². The fourth-order valence-corrected chi connectivity index (χ4v) is 3.48. The molecule has 2 aromatic carbocycles. The predicted octanol–water partition coefficient (Wildman–Crippen LogP) is 3.72. The van der Waals surface area contributed by atoms with Crippen molar-refractivity contribution in [2.24, 2.45) is 5.14 Å². The smallest absolute Gasteiger partial charge is 0.268 e. The Bertz CT molecular complexity index is 1230. The molecule has 126 valence electrons. The monoisotopic (exact) mass is 376 g/mol. The van der Waals surface area contributed by atoms with E-state index in [1.54, 1.807) is 24.3 Å². The summed E-state index contributed by atoms with van der Waals surface area (Å²) in [6.45, 7) is 0. The van der Waals surface area contributed by atoms with Crippen LogP contribution in [0.5, 0.6) is 0 Å². The van der Waals surface area contributed by atoms with Gasteiger partial charge in [0.25, 0.3) is 5.56 Å². The maximum absolute atomic E-state index is 13.6. The van der Waals surface area contributed by atoms with E-state index in [1.807, 2.05) is 0 Å². The van der Waals surface area contributed by atoms with Crippen LogP contribution in [0.3, 0.4) is 0 Å². The van der Waals surface area contributed by atoms with E-state index >= 15 is 0 Å². The average Bonchev–Trinajstić information content (AvgIpc) is 2.93. The standard InChI is InChI=1S/C17H10ClFN2O3S/c18-14-13(8-2-1-3-10(6-8)25(20)23)16-15(21-17(14)22)11-7-9(19)4-5-12(11)24-16/h1-7H,20H2,(H,21,22). The van der Waals surface area contributed by atoms with Crippen molar-refractivity contribution in [3.05, 3.63) is 63.7 Å². The Morgan fingerprint density at radius 3 is 2.76 bits per heavy atom. The van der Waals surface area contributed by atoms with E-state index in [1.165, 1.54) is 18.2 Å². The molecule has 8 heteroatoms. The fraction of sp³-hybridized carbons (Fsp3) is 0. The lowest BCUT2D eigenvalue weighted by Crippen LogP contribution is -2.08. The number of benzene rings is 2. The predicted molar refractivity (Wildman–Crippen MR) is 95.3 cm³/mol. The number of hydrogen-bond acceptors (Lipinski definition) is 3. The Labute approximate surface area is 147 Å². The van der Waals surface area contributed by atoms with E-state index in [-0.39, 0.29) is 5.02 Å². The summed E-state index contributed by atoms with van der Waals surface area (Å²) < 4.78 is 30.9. The van der Waals surface area contributed by atoms with E-state index < -0.39 is 22.4 Å². The number of hydrogen-bond donors (Lipinski definition) is 2. The van der Waals surface area contributed by atoms with Crippen LogP contribution in [0.4, 0.5) is 4.39 Å². The molecule has 0 radical (unpaired) electrons. The van der Waals surface area contributed by atoms with E-state index in [2.05, 4.69) is 4.98 Å². The summed E-state index contributed by atoms with van der Waals surface area (Å²) in [5, 5.41) is 5.78. The summed E-state index contributed by atoms with van der Waals surface area (Å²) in [6, 6.07) is 10.6. The third-order valence-corrected chi connectivity index (χ3v) is 4.97. The minimum atomic E-state index is -1.69. The third kappa shape index (κ3) is 2.57. The van der Waals surface area contributed by atoms with E-state index in [9.17, 15) is 13.4 Å². The van der Waals surface area contributed by atoms with Crippen molar-refractivity contribution >= 4 is 44.7 Å². The second-order valence-corrected chi connectivity index (χ2v) is 6.86. The molecule has 1 atom stereocenters. The SMILES string of the molecule is NS(=O)c1cccc(-c2c(Cl)c(=O)[nH]c3c2oc2ccc(F)cc23)c1. The van der Waals surface area contributed by atoms with Crippen LogP contribution in [0.25, 0.3) is 33.2 Å². The molecule has 0 aliphatic carbocycles. The van der Waals surface area contributed by atoms with Gasteiger partial charge in [0.15, 0.2) is 5.58 Å². The summed E-state index contributed by atoms with van der Waals surface area (Å²) in [7, 11) is -1.69. The largest absolute Gasteiger partial charge is 0.454 e. The van der Waals surface area contributed by atoms with Crippen LogP contribution in [0, 0.1) is 5.82 Å².